The number of phenols is 1. The molecule has 16 heavy (non-hydrogen) atoms. The van der Waals surface area contributed by atoms with Gasteiger partial charge in [0, 0.05) is 11.8 Å². The molecule has 0 bridgehead atoms. The first-order chi connectivity index (χ1) is 7.38. The zero-order chi connectivity index (χ0) is 12.2. The first-order valence-corrected chi connectivity index (χ1v) is 5.02. The molecule has 0 saturated heterocycles. The Bertz CT molecular complexity index is 388. The van der Waals surface area contributed by atoms with Crippen LogP contribution in [0.3, 0.4) is 0 Å². The monoisotopic (exact) mass is 220 g/mol. The number of carbonyl (C=O) groups is 1. The Balaban J connectivity index is 2.60. The molecule has 0 heterocycles. The summed E-state index contributed by atoms with van der Waals surface area (Å²) in [5.74, 6) is -0.157. The molecular formula is C12H16N2O2. The number of hydrazone groups is 1. The number of rotatable bonds is 2. The molecule has 4 heteroatoms. The molecule has 86 valence electrons. The van der Waals surface area contributed by atoms with Crippen molar-refractivity contribution >= 4 is 12.1 Å². The summed E-state index contributed by atoms with van der Waals surface area (Å²) in [6.07, 6.45) is 1.67. The van der Waals surface area contributed by atoms with Gasteiger partial charge in [-0.15, -0.1) is 0 Å². The molecule has 0 atom stereocenters. The summed E-state index contributed by atoms with van der Waals surface area (Å²) in [5.41, 5.74) is 2.82. The normalized spacial score (nSPS) is 11.7. The summed E-state index contributed by atoms with van der Waals surface area (Å²) in [6, 6.07) is 6.00. The lowest BCUT2D eigenvalue weighted by Gasteiger charge is -2.09. The lowest BCUT2D eigenvalue weighted by atomic mass is 9.99. The van der Waals surface area contributed by atoms with Crippen molar-refractivity contribution in [2.75, 3.05) is 0 Å². The third kappa shape index (κ3) is 4.13. The number of nitrogens with zero attached hydrogens (tertiary/aromatic N) is 1. The molecule has 0 aliphatic heterocycles. The maximum atomic E-state index is 11.5. The van der Waals surface area contributed by atoms with Crippen LogP contribution in [-0.4, -0.2) is 17.2 Å². The molecule has 1 rings (SSSR count). The number of amides is 1. The average Bonchev–Trinajstić information content (AvgIpc) is 2.16. The lowest BCUT2D eigenvalue weighted by molar-refractivity contribution is 0.0955. The number of hydrogen-bond donors (Lipinski definition) is 2. The van der Waals surface area contributed by atoms with Crippen LogP contribution in [0.2, 0.25) is 0 Å². The molecule has 4 nitrogen and oxygen atoms in total. The fourth-order valence-corrected chi connectivity index (χ4v) is 0.962. The van der Waals surface area contributed by atoms with Gasteiger partial charge in [-0.05, 0) is 29.7 Å². The molecule has 0 fully saturated rings. The molecule has 0 aliphatic rings. The van der Waals surface area contributed by atoms with Crippen LogP contribution in [-0.2, 0) is 0 Å². The summed E-state index contributed by atoms with van der Waals surface area (Å²) in [6.45, 7) is 5.97. The zero-order valence-electron chi connectivity index (χ0n) is 9.69. The number of benzene rings is 1. The third-order valence-electron chi connectivity index (χ3n) is 1.75. The van der Waals surface area contributed by atoms with Crippen LogP contribution in [0, 0.1) is 5.41 Å². The standard InChI is InChI=1S/C12H16N2O2/c1-12(2,3)8-13-14-11(16)9-4-6-10(15)7-5-9/h4-8,15H,1-3H3,(H,14,16)/b13-8-. The Morgan fingerprint density at radius 1 is 1.31 bits per heavy atom. The third-order valence-corrected chi connectivity index (χ3v) is 1.75. The van der Waals surface area contributed by atoms with E-state index >= 15 is 0 Å². The van der Waals surface area contributed by atoms with Crippen molar-refractivity contribution in [3.8, 4) is 5.75 Å². The van der Waals surface area contributed by atoms with Crippen LogP contribution >= 0.6 is 0 Å². The second kappa shape index (κ2) is 4.79. The van der Waals surface area contributed by atoms with Crippen molar-refractivity contribution in [2.45, 2.75) is 20.8 Å². The summed E-state index contributed by atoms with van der Waals surface area (Å²) in [5, 5.41) is 12.9. The van der Waals surface area contributed by atoms with E-state index in [0.717, 1.165) is 0 Å². The molecule has 0 radical (unpaired) electrons. The summed E-state index contributed by atoms with van der Waals surface area (Å²) in [4.78, 5) is 11.5. The first-order valence-electron chi connectivity index (χ1n) is 5.02. The largest absolute Gasteiger partial charge is 0.508 e. The topological polar surface area (TPSA) is 61.7 Å². The fourth-order valence-electron chi connectivity index (χ4n) is 0.962. The van der Waals surface area contributed by atoms with Gasteiger partial charge in [0.1, 0.15) is 5.75 Å². The van der Waals surface area contributed by atoms with Crippen molar-refractivity contribution in [1.29, 1.82) is 0 Å². The second-order valence-corrected chi connectivity index (χ2v) is 4.61. The first kappa shape index (κ1) is 12.2. The van der Waals surface area contributed by atoms with Gasteiger partial charge >= 0.3 is 0 Å². The highest BCUT2D eigenvalue weighted by Crippen LogP contribution is 2.10. The van der Waals surface area contributed by atoms with Crippen molar-refractivity contribution in [3.05, 3.63) is 29.8 Å². The maximum absolute atomic E-state index is 11.5. The van der Waals surface area contributed by atoms with Crippen LogP contribution in [0.25, 0.3) is 0 Å². The molecule has 1 amide bonds. The molecule has 0 unspecified atom stereocenters. The van der Waals surface area contributed by atoms with E-state index in [-0.39, 0.29) is 17.1 Å². The highest BCUT2D eigenvalue weighted by Gasteiger charge is 2.07. The van der Waals surface area contributed by atoms with E-state index in [1.165, 1.54) is 24.3 Å². The fraction of sp³-hybridized carbons (Fsp3) is 0.333. The van der Waals surface area contributed by atoms with E-state index in [1.807, 2.05) is 20.8 Å². The number of nitrogens with one attached hydrogen (secondary N) is 1. The van der Waals surface area contributed by atoms with E-state index in [4.69, 9.17) is 5.11 Å². The van der Waals surface area contributed by atoms with Crippen LogP contribution in [0.15, 0.2) is 29.4 Å². The Hall–Kier alpha value is -1.84. The minimum absolute atomic E-state index is 0.0672. The molecule has 1 aromatic rings. The van der Waals surface area contributed by atoms with Gasteiger partial charge in [-0.3, -0.25) is 4.79 Å². The molecule has 0 spiro atoms. The van der Waals surface area contributed by atoms with Crippen LogP contribution < -0.4 is 5.43 Å². The summed E-state index contributed by atoms with van der Waals surface area (Å²) >= 11 is 0. The average molecular weight is 220 g/mol. The van der Waals surface area contributed by atoms with Crippen LogP contribution in [0.4, 0.5) is 0 Å². The highest BCUT2D eigenvalue weighted by atomic mass is 16.3. The smallest absolute Gasteiger partial charge is 0.271 e. The Kier molecular flexibility index (Phi) is 3.66. The van der Waals surface area contributed by atoms with Gasteiger partial charge in [-0.2, -0.15) is 5.10 Å². The second-order valence-electron chi connectivity index (χ2n) is 4.61. The Labute approximate surface area is 95.0 Å². The van der Waals surface area contributed by atoms with Gasteiger partial charge in [0.15, 0.2) is 0 Å². The van der Waals surface area contributed by atoms with E-state index < -0.39 is 0 Å². The zero-order valence-corrected chi connectivity index (χ0v) is 9.69. The van der Waals surface area contributed by atoms with E-state index in [0.29, 0.717) is 5.56 Å². The SMILES string of the molecule is CC(C)(C)/C=N\NC(=O)c1ccc(O)cc1. The van der Waals surface area contributed by atoms with Gasteiger partial charge in [0.2, 0.25) is 0 Å². The number of carbonyl (C=O) groups excluding carboxylic acids is 1. The van der Waals surface area contributed by atoms with Crippen molar-refractivity contribution in [1.82, 2.24) is 5.43 Å². The Morgan fingerprint density at radius 3 is 2.38 bits per heavy atom. The number of aromatic hydroxyl groups is 1. The minimum Gasteiger partial charge on any atom is -0.508 e. The van der Waals surface area contributed by atoms with E-state index in [9.17, 15) is 4.79 Å². The molecule has 0 aromatic heterocycles. The van der Waals surface area contributed by atoms with Gasteiger partial charge in [0.25, 0.3) is 5.91 Å². The predicted octanol–water partition coefficient (Wildman–Crippen LogP) is 2.15. The van der Waals surface area contributed by atoms with Crippen LogP contribution in [0.1, 0.15) is 31.1 Å². The van der Waals surface area contributed by atoms with Crippen LogP contribution in [0.5, 0.6) is 5.75 Å². The van der Waals surface area contributed by atoms with Crippen molar-refractivity contribution in [3.63, 3.8) is 0 Å². The molecule has 1 aromatic carbocycles. The van der Waals surface area contributed by atoms with Gasteiger partial charge in [-0.25, -0.2) is 5.43 Å². The molecular weight excluding hydrogens is 204 g/mol. The molecule has 0 saturated carbocycles. The molecule has 0 aliphatic carbocycles. The van der Waals surface area contributed by atoms with Crippen molar-refractivity contribution < 1.29 is 9.90 Å². The predicted molar refractivity (Wildman–Crippen MR) is 63.5 cm³/mol. The van der Waals surface area contributed by atoms with E-state index in [2.05, 4.69) is 10.5 Å². The quantitative estimate of drug-likeness (QED) is 0.592. The molecule has 2 N–H and O–H groups in total. The van der Waals surface area contributed by atoms with E-state index in [1.54, 1.807) is 6.21 Å². The summed E-state index contributed by atoms with van der Waals surface area (Å²) in [7, 11) is 0. The van der Waals surface area contributed by atoms with Gasteiger partial charge in [0.05, 0.1) is 0 Å². The lowest BCUT2D eigenvalue weighted by Crippen LogP contribution is -2.19. The van der Waals surface area contributed by atoms with Gasteiger partial charge < -0.3 is 5.11 Å². The minimum atomic E-state index is -0.291. The Morgan fingerprint density at radius 2 is 1.88 bits per heavy atom. The summed E-state index contributed by atoms with van der Waals surface area (Å²) < 4.78 is 0. The van der Waals surface area contributed by atoms with Crippen molar-refractivity contribution in [2.24, 2.45) is 10.5 Å². The highest BCUT2D eigenvalue weighted by molar-refractivity contribution is 5.94. The maximum Gasteiger partial charge on any atom is 0.271 e. The number of phenolic OH excluding ortho intramolecular Hbond substituents is 1. The van der Waals surface area contributed by atoms with Gasteiger partial charge in [-0.1, -0.05) is 20.8 Å². The number of hydrogen-bond acceptors (Lipinski definition) is 3.